The Labute approximate surface area is 118 Å². The molecule has 2 heterocycles. The van der Waals surface area contributed by atoms with Gasteiger partial charge in [-0.2, -0.15) is 5.10 Å². The standard InChI is InChI=1S/C16H18N2O2/c1-11-9-13(18(2)17-11)10-15(19)16-14-6-4-3-5-12(14)7-8-20-16/h3-6,9,16H,7-8,10H2,1-2H3. The Morgan fingerprint density at radius 2 is 2.25 bits per heavy atom. The summed E-state index contributed by atoms with van der Waals surface area (Å²) in [6, 6.07) is 9.99. The molecule has 0 spiro atoms. The minimum Gasteiger partial charge on any atom is -0.365 e. The van der Waals surface area contributed by atoms with Crippen LogP contribution in [0.3, 0.4) is 0 Å². The SMILES string of the molecule is Cc1cc(CC(=O)C2OCCc3ccccc32)n(C)n1. The second-order valence-corrected chi connectivity index (χ2v) is 5.24. The molecule has 0 radical (unpaired) electrons. The van der Waals surface area contributed by atoms with Crippen LogP contribution in [0.2, 0.25) is 0 Å². The van der Waals surface area contributed by atoms with Crippen molar-refractivity contribution in [1.29, 1.82) is 0 Å². The number of aromatic nitrogens is 2. The van der Waals surface area contributed by atoms with Crippen LogP contribution >= 0.6 is 0 Å². The van der Waals surface area contributed by atoms with Gasteiger partial charge in [-0.3, -0.25) is 9.48 Å². The highest BCUT2D eigenvalue weighted by Gasteiger charge is 2.27. The molecule has 0 bridgehead atoms. The first-order valence-corrected chi connectivity index (χ1v) is 6.87. The Morgan fingerprint density at radius 3 is 3.00 bits per heavy atom. The second kappa shape index (κ2) is 5.21. The molecule has 1 unspecified atom stereocenters. The van der Waals surface area contributed by atoms with E-state index in [-0.39, 0.29) is 5.78 Å². The lowest BCUT2D eigenvalue weighted by molar-refractivity contribution is -0.131. The number of nitrogens with zero attached hydrogens (tertiary/aromatic N) is 2. The van der Waals surface area contributed by atoms with E-state index in [4.69, 9.17) is 4.74 Å². The lowest BCUT2D eigenvalue weighted by atomic mass is 9.94. The second-order valence-electron chi connectivity index (χ2n) is 5.24. The van der Waals surface area contributed by atoms with Crippen LogP contribution in [0.5, 0.6) is 0 Å². The Bertz CT molecular complexity index is 646. The van der Waals surface area contributed by atoms with Gasteiger partial charge in [-0.15, -0.1) is 0 Å². The van der Waals surface area contributed by atoms with Gasteiger partial charge in [0.15, 0.2) is 5.78 Å². The largest absolute Gasteiger partial charge is 0.365 e. The Hall–Kier alpha value is -1.94. The van der Waals surface area contributed by atoms with Crippen LogP contribution in [0, 0.1) is 6.92 Å². The van der Waals surface area contributed by atoms with Crippen molar-refractivity contribution >= 4 is 5.78 Å². The minimum absolute atomic E-state index is 0.0974. The maximum Gasteiger partial charge on any atom is 0.172 e. The molecule has 1 aliphatic heterocycles. The monoisotopic (exact) mass is 270 g/mol. The van der Waals surface area contributed by atoms with Crippen molar-refractivity contribution in [3.63, 3.8) is 0 Å². The molecule has 1 atom stereocenters. The number of hydrogen-bond acceptors (Lipinski definition) is 3. The van der Waals surface area contributed by atoms with Crippen LogP contribution in [-0.4, -0.2) is 22.2 Å². The molecule has 0 saturated carbocycles. The smallest absolute Gasteiger partial charge is 0.172 e. The highest BCUT2D eigenvalue weighted by atomic mass is 16.5. The molecule has 104 valence electrons. The molecule has 1 aromatic carbocycles. The van der Waals surface area contributed by atoms with Crippen LogP contribution in [0.4, 0.5) is 0 Å². The summed E-state index contributed by atoms with van der Waals surface area (Å²) in [6.45, 7) is 2.54. The van der Waals surface area contributed by atoms with Crippen LogP contribution in [-0.2, 0) is 29.4 Å². The van der Waals surface area contributed by atoms with Crippen LogP contribution in [0.1, 0.15) is 28.6 Å². The highest BCUT2D eigenvalue weighted by Crippen LogP contribution is 2.28. The molecule has 20 heavy (non-hydrogen) atoms. The topological polar surface area (TPSA) is 44.1 Å². The van der Waals surface area contributed by atoms with E-state index in [0.29, 0.717) is 13.0 Å². The number of aryl methyl sites for hydroxylation is 2. The summed E-state index contributed by atoms with van der Waals surface area (Å²) in [5, 5.41) is 4.28. The Balaban J connectivity index is 1.83. The molecule has 1 aliphatic rings. The number of ether oxygens (including phenoxy) is 1. The number of rotatable bonds is 3. The lowest BCUT2D eigenvalue weighted by Gasteiger charge is -2.25. The summed E-state index contributed by atoms with van der Waals surface area (Å²) >= 11 is 0. The molecule has 4 heteroatoms. The van der Waals surface area contributed by atoms with Gasteiger partial charge in [0.1, 0.15) is 6.10 Å². The molecule has 2 aromatic rings. The van der Waals surface area contributed by atoms with Gasteiger partial charge >= 0.3 is 0 Å². The van der Waals surface area contributed by atoms with E-state index in [9.17, 15) is 4.79 Å². The van der Waals surface area contributed by atoms with Gasteiger partial charge in [0, 0.05) is 12.7 Å². The molecule has 4 nitrogen and oxygen atoms in total. The van der Waals surface area contributed by atoms with Crippen LogP contribution in [0.15, 0.2) is 30.3 Å². The van der Waals surface area contributed by atoms with E-state index in [1.54, 1.807) is 4.68 Å². The van der Waals surface area contributed by atoms with Crippen LogP contribution < -0.4 is 0 Å². The summed E-state index contributed by atoms with van der Waals surface area (Å²) in [4.78, 5) is 12.5. The van der Waals surface area contributed by atoms with Crippen molar-refractivity contribution < 1.29 is 9.53 Å². The molecule has 0 amide bonds. The Kier molecular flexibility index (Phi) is 3.40. The van der Waals surface area contributed by atoms with E-state index in [0.717, 1.165) is 23.4 Å². The van der Waals surface area contributed by atoms with Crippen LogP contribution in [0.25, 0.3) is 0 Å². The number of Topliss-reactive ketones (excluding diaryl/α,β-unsaturated/α-hetero) is 1. The summed E-state index contributed by atoms with van der Waals surface area (Å²) in [5.41, 5.74) is 4.10. The molecule has 0 N–H and O–H groups in total. The maximum atomic E-state index is 12.5. The predicted molar refractivity (Wildman–Crippen MR) is 75.5 cm³/mol. The zero-order valence-electron chi connectivity index (χ0n) is 11.8. The number of benzene rings is 1. The summed E-state index contributed by atoms with van der Waals surface area (Å²) in [5.74, 6) is 0.0974. The first-order chi connectivity index (χ1) is 9.65. The van der Waals surface area contributed by atoms with E-state index < -0.39 is 6.10 Å². The van der Waals surface area contributed by atoms with Crippen molar-refractivity contribution in [3.8, 4) is 0 Å². The molecule has 1 aromatic heterocycles. The van der Waals surface area contributed by atoms with Crippen molar-refractivity contribution in [1.82, 2.24) is 9.78 Å². The number of fused-ring (bicyclic) bond motifs is 1. The fourth-order valence-electron chi connectivity index (χ4n) is 2.76. The number of hydrogen-bond donors (Lipinski definition) is 0. The van der Waals surface area contributed by atoms with Crippen molar-refractivity contribution in [3.05, 3.63) is 52.8 Å². The zero-order valence-corrected chi connectivity index (χ0v) is 11.8. The van der Waals surface area contributed by atoms with Crippen molar-refractivity contribution in [2.75, 3.05) is 6.61 Å². The molecular weight excluding hydrogens is 252 g/mol. The fourth-order valence-corrected chi connectivity index (χ4v) is 2.76. The van der Waals surface area contributed by atoms with Gasteiger partial charge in [0.05, 0.1) is 18.7 Å². The number of ketones is 1. The third-order valence-corrected chi connectivity index (χ3v) is 3.74. The third-order valence-electron chi connectivity index (χ3n) is 3.74. The summed E-state index contributed by atoms with van der Waals surface area (Å²) < 4.78 is 7.47. The fraction of sp³-hybridized carbons (Fsp3) is 0.375. The lowest BCUT2D eigenvalue weighted by Crippen LogP contribution is -2.25. The average molecular weight is 270 g/mol. The maximum absolute atomic E-state index is 12.5. The van der Waals surface area contributed by atoms with Gasteiger partial charge in [0.25, 0.3) is 0 Å². The zero-order chi connectivity index (χ0) is 14.1. The van der Waals surface area contributed by atoms with E-state index in [1.807, 2.05) is 38.2 Å². The third kappa shape index (κ3) is 2.39. The molecule has 0 saturated heterocycles. The summed E-state index contributed by atoms with van der Waals surface area (Å²) in [6.07, 6.45) is 0.802. The van der Waals surface area contributed by atoms with Gasteiger partial charge in [-0.05, 0) is 30.5 Å². The van der Waals surface area contributed by atoms with E-state index in [1.165, 1.54) is 5.56 Å². The van der Waals surface area contributed by atoms with Gasteiger partial charge in [-0.25, -0.2) is 0 Å². The van der Waals surface area contributed by atoms with E-state index in [2.05, 4.69) is 11.2 Å². The normalized spacial score (nSPS) is 17.8. The quantitative estimate of drug-likeness (QED) is 0.858. The van der Waals surface area contributed by atoms with Gasteiger partial charge in [0.2, 0.25) is 0 Å². The van der Waals surface area contributed by atoms with E-state index >= 15 is 0 Å². The average Bonchev–Trinajstić information content (AvgIpc) is 2.76. The van der Waals surface area contributed by atoms with Crippen molar-refractivity contribution in [2.45, 2.75) is 25.9 Å². The number of carbonyl (C=O) groups is 1. The van der Waals surface area contributed by atoms with Crippen molar-refractivity contribution in [2.24, 2.45) is 7.05 Å². The highest BCUT2D eigenvalue weighted by molar-refractivity contribution is 5.86. The molecule has 0 fully saturated rings. The number of carbonyl (C=O) groups excluding carboxylic acids is 1. The summed E-state index contributed by atoms with van der Waals surface area (Å²) in [7, 11) is 1.87. The first kappa shape index (κ1) is 13.1. The predicted octanol–water partition coefficient (Wildman–Crippen LogP) is 2.15. The molecule has 3 rings (SSSR count). The first-order valence-electron chi connectivity index (χ1n) is 6.87. The van der Waals surface area contributed by atoms with Gasteiger partial charge < -0.3 is 4.74 Å². The molecule has 0 aliphatic carbocycles. The minimum atomic E-state index is -0.435. The molecular formula is C16H18N2O2. The van der Waals surface area contributed by atoms with Gasteiger partial charge in [-0.1, -0.05) is 24.3 Å². The Morgan fingerprint density at radius 1 is 1.45 bits per heavy atom.